The summed E-state index contributed by atoms with van der Waals surface area (Å²) in [5.41, 5.74) is 3.14. The first-order chi connectivity index (χ1) is 13.5. The van der Waals surface area contributed by atoms with Gasteiger partial charge in [0.2, 0.25) is 5.01 Å². The van der Waals surface area contributed by atoms with Crippen molar-refractivity contribution in [1.29, 1.82) is 0 Å². The molecule has 2 aromatic carbocycles. The van der Waals surface area contributed by atoms with Gasteiger partial charge in [-0.15, -0.1) is 10.2 Å². The second kappa shape index (κ2) is 9.20. The van der Waals surface area contributed by atoms with E-state index in [0.717, 1.165) is 22.5 Å². The van der Waals surface area contributed by atoms with E-state index in [2.05, 4.69) is 20.8 Å². The van der Waals surface area contributed by atoms with Crippen LogP contribution in [0, 0.1) is 6.92 Å². The lowest BCUT2D eigenvalue weighted by atomic mass is 10.1. The number of rotatable bonds is 7. The molecule has 0 radical (unpaired) electrons. The Labute approximate surface area is 166 Å². The van der Waals surface area contributed by atoms with Gasteiger partial charge in [0.05, 0.1) is 6.61 Å². The van der Waals surface area contributed by atoms with Crippen molar-refractivity contribution in [3.05, 3.63) is 75.2 Å². The molecule has 144 valence electrons. The van der Waals surface area contributed by atoms with Crippen molar-refractivity contribution in [2.75, 3.05) is 12.4 Å². The van der Waals surface area contributed by atoms with Gasteiger partial charge in [-0.2, -0.15) is 0 Å². The lowest BCUT2D eigenvalue weighted by Gasteiger charge is -2.08. The maximum atomic E-state index is 12.4. The minimum Gasteiger partial charge on any atom is -0.377 e. The van der Waals surface area contributed by atoms with Crippen molar-refractivity contribution in [2.45, 2.75) is 20.1 Å². The number of benzene rings is 2. The van der Waals surface area contributed by atoms with Crippen LogP contribution in [0.1, 0.15) is 36.3 Å². The van der Waals surface area contributed by atoms with Crippen LogP contribution in [0.15, 0.2) is 48.5 Å². The summed E-state index contributed by atoms with van der Waals surface area (Å²) < 4.78 is 4.97. The van der Waals surface area contributed by atoms with Crippen LogP contribution < -0.4 is 10.6 Å². The van der Waals surface area contributed by atoms with Crippen molar-refractivity contribution in [3.63, 3.8) is 0 Å². The summed E-state index contributed by atoms with van der Waals surface area (Å²) in [4.78, 5) is 24.7. The summed E-state index contributed by atoms with van der Waals surface area (Å²) in [5.74, 6) is -0.590. The second-order valence-electron chi connectivity index (χ2n) is 6.14. The summed E-state index contributed by atoms with van der Waals surface area (Å²) >= 11 is 1.16. The zero-order valence-electron chi connectivity index (χ0n) is 15.6. The molecular formula is C20H20N4O3S. The zero-order valence-corrected chi connectivity index (χ0v) is 16.4. The molecular weight excluding hydrogens is 376 g/mol. The Morgan fingerprint density at radius 1 is 1.07 bits per heavy atom. The van der Waals surface area contributed by atoms with Gasteiger partial charge in [-0.3, -0.25) is 9.59 Å². The van der Waals surface area contributed by atoms with Gasteiger partial charge >= 0.3 is 0 Å². The smallest absolute Gasteiger partial charge is 0.286 e. The Hall–Kier alpha value is -3.10. The first-order valence-electron chi connectivity index (χ1n) is 8.61. The molecule has 1 aromatic heterocycles. The molecule has 8 heteroatoms. The average molecular weight is 396 g/mol. The molecule has 0 atom stereocenters. The van der Waals surface area contributed by atoms with E-state index in [1.54, 1.807) is 31.4 Å². The predicted octanol–water partition coefficient (Wildman–Crippen LogP) is 3.18. The highest BCUT2D eigenvalue weighted by Crippen LogP contribution is 2.15. The molecule has 3 aromatic rings. The molecule has 0 fully saturated rings. The third kappa shape index (κ3) is 5.21. The summed E-state index contributed by atoms with van der Waals surface area (Å²) in [5, 5.41) is 14.2. The third-order valence-electron chi connectivity index (χ3n) is 3.85. The third-order valence-corrected chi connectivity index (χ3v) is 4.74. The highest BCUT2D eigenvalue weighted by molar-refractivity contribution is 7.13. The van der Waals surface area contributed by atoms with Gasteiger partial charge in [0, 0.05) is 24.9 Å². The summed E-state index contributed by atoms with van der Waals surface area (Å²) in [6.07, 6.45) is 0. The number of methoxy groups -OCH3 is 1. The highest BCUT2D eigenvalue weighted by Gasteiger charge is 2.14. The standard InChI is InChI=1S/C20H20N4O3S/c1-13-5-3-6-14(9-13)11-21-18(25)15-7-4-8-16(10-15)22-19(26)20-24-23-17(28-20)12-27-2/h3-10H,11-12H2,1-2H3,(H,21,25)(H,22,26). The number of nitrogens with one attached hydrogen (secondary N) is 2. The van der Waals surface area contributed by atoms with Gasteiger partial charge in [0.15, 0.2) is 0 Å². The van der Waals surface area contributed by atoms with E-state index >= 15 is 0 Å². The molecule has 0 aliphatic rings. The topological polar surface area (TPSA) is 93.2 Å². The molecule has 1 heterocycles. The Kier molecular flexibility index (Phi) is 6.46. The Balaban J connectivity index is 1.62. The quantitative estimate of drug-likeness (QED) is 0.640. The van der Waals surface area contributed by atoms with Gasteiger partial charge in [0.1, 0.15) is 5.01 Å². The number of carbonyl (C=O) groups is 2. The lowest BCUT2D eigenvalue weighted by molar-refractivity contribution is 0.0949. The van der Waals surface area contributed by atoms with Crippen molar-refractivity contribution < 1.29 is 14.3 Å². The minimum atomic E-state index is -0.378. The normalized spacial score (nSPS) is 10.5. The lowest BCUT2D eigenvalue weighted by Crippen LogP contribution is -2.23. The summed E-state index contributed by atoms with van der Waals surface area (Å²) in [7, 11) is 1.55. The first-order valence-corrected chi connectivity index (χ1v) is 9.43. The number of nitrogens with zero attached hydrogens (tertiary/aromatic N) is 2. The largest absolute Gasteiger partial charge is 0.377 e. The van der Waals surface area contributed by atoms with E-state index in [4.69, 9.17) is 4.74 Å². The van der Waals surface area contributed by atoms with Crippen LogP contribution in [-0.2, 0) is 17.9 Å². The van der Waals surface area contributed by atoms with Crippen LogP contribution in [0.2, 0.25) is 0 Å². The monoisotopic (exact) mass is 396 g/mol. The van der Waals surface area contributed by atoms with Crippen LogP contribution in [0.25, 0.3) is 0 Å². The SMILES string of the molecule is COCc1nnc(C(=O)Nc2cccc(C(=O)NCc3cccc(C)c3)c2)s1. The number of anilines is 1. The van der Waals surface area contributed by atoms with Gasteiger partial charge < -0.3 is 15.4 Å². The number of aryl methyl sites for hydroxylation is 1. The molecule has 0 aliphatic heterocycles. The van der Waals surface area contributed by atoms with Crippen molar-refractivity contribution in [2.24, 2.45) is 0 Å². The van der Waals surface area contributed by atoms with Crippen LogP contribution >= 0.6 is 11.3 Å². The molecule has 7 nitrogen and oxygen atoms in total. The first kappa shape index (κ1) is 19.7. The van der Waals surface area contributed by atoms with Crippen molar-refractivity contribution in [3.8, 4) is 0 Å². The molecule has 3 rings (SSSR count). The molecule has 0 saturated carbocycles. The zero-order chi connectivity index (χ0) is 19.9. The maximum absolute atomic E-state index is 12.4. The molecule has 28 heavy (non-hydrogen) atoms. The summed E-state index contributed by atoms with van der Waals surface area (Å²) in [6, 6.07) is 14.7. The van der Waals surface area contributed by atoms with E-state index < -0.39 is 0 Å². The molecule has 0 unspecified atom stereocenters. The number of aromatic nitrogens is 2. The van der Waals surface area contributed by atoms with Gasteiger partial charge in [-0.25, -0.2) is 0 Å². The summed E-state index contributed by atoms with van der Waals surface area (Å²) in [6.45, 7) is 2.75. The van der Waals surface area contributed by atoms with Crippen LogP contribution in [0.4, 0.5) is 5.69 Å². The Bertz CT molecular complexity index is 987. The number of hydrogen-bond donors (Lipinski definition) is 2. The molecule has 0 saturated heterocycles. The van der Waals surface area contributed by atoms with E-state index in [9.17, 15) is 9.59 Å². The van der Waals surface area contributed by atoms with Gasteiger partial charge in [-0.1, -0.05) is 47.2 Å². The van der Waals surface area contributed by atoms with E-state index in [1.165, 1.54) is 0 Å². The highest BCUT2D eigenvalue weighted by atomic mass is 32.1. The molecule has 2 N–H and O–H groups in total. The molecule has 0 spiro atoms. The number of ether oxygens (including phenoxy) is 1. The predicted molar refractivity (Wildman–Crippen MR) is 107 cm³/mol. The molecule has 2 amide bonds. The maximum Gasteiger partial charge on any atom is 0.286 e. The van der Waals surface area contributed by atoms with Crippen molar-refractivity contribution >= 4 is 28.8 Å². The number of carbonyl (C=O) groups excluding carboxylic acids is 2. The van der Waals surface area contributed by atoms with Gasteiger partial charge in [-0.05, 0) is 30.7 Å². The molecule has 0 bridgehead atoms. The fourth-order valence-corrected chi connectivity index (χ4v) is 3.26. The van der Waals surface area contributed by atoms with E-state index in [-0.39, 0.29) is 16.8 Å². The van der Waals surface area contributed by atoms with Crippen LogP contribution in [0.5, 0.6) is 0 Å². The van der Waals surface area contributed by atoms with Gasteiger partial charge in [0.25, 0.3) is 11.8 Å². The van der Waals surface area contributed by atoms with E-state index in [0.29, 0.717) is 29.4 Å². The second-order valence-corrected chi connectivity index (χ2v) is 7.20. The fraction of sp³-hybridized carbons (Fsp3) is 0.200. The number of hydrogen-bond acceptors (Lipinski definition) is 6. The van der Waals surface area contributed by atoms with Crippen molar-refractivity contribution in [1.82, 2.24) is 15.5 Å². The van der Waals surface area contributed by atoms with Crippen LogP contribution in [-0.4, -0.2) is 29.1 Å². The minimum absolute atomic E-state index is 0.212. The van der Waals surface area contributed by atoms with Crippen LogP contribution in [0.3, 0.4) is 0 Å². The van der Waals surface area contributed by atoms with E-state index in [1.807, 2.05) is 31.2 Å². The molecule has 0 aliphatic carbocycles. The Morgan fingerprint density at radius 3 is 2.68 bits per heavy atom. The Morgan fingerprint density at radius 2 is 1.89 bits per heavy atom. The fourth-order valence-electron chi connectivity index (χ4n) is 2.56. The number of amides is 2. The average Bonchev–Trinajstić information content (AvgIpc) is 3.15.